The summed E-state index contributed by atoms with van der Waals surface area (Å²) in [6.45, 7) is 2.24. The molecular weight excluding hydrogens is 338 g/mol. The number of ether oxygens (including phenoxy) is 1. The molecule has 0 bridgehead atoms. The second kappa shape index (κ2) is 6.84. The molecule has 0 spiro atoms. The molecule has 0 aliphatic carbocycles. The maximum absolute atomic E-state index is 13.9. The number of rotatable bonds is 4. The van der Waals surface area contributed by atoms with Gasteiger partial charge in [-0.3, -0.25) is 0 Å². The van der Waals surface area contributed by atoms with Crippen LogP contribution in [0.5, 0.6) is 5.75 Å². The molecule has 0 saturated heterocycles. The topological polar surface area (TPSA) is 29.5 Å². The van der Waals surface area contributed by atoms with E-state index in [1.54, 1.807) is 0 Å². The van der Waals surface area contributed by atoms with Gasteiger partial charge in [0.15, 0.2) is 0 Å². The van der Waals surface area contributed by atoms with Crippen molar-refractivity contribution in [2.45, 2.75) is 13.0 Å². The highest BCUT2D eigenvalue weighted by molar-refractivity contribution is 6.35. The highest BCUT2D eigenvalue weighted by Crippen LogP contribution is 2.38. The van der Waals surface area contributed by atoms with Crippen molar-refractivity contribution in [2.24, 2.45) is 0 Å². The van der Waals surface area contributed by atoms with Gasteiger partial charge in [-0.25, -0.2) is 4.39 Å². The number of aliphatic hydroxyl groups excluding tert-OH is 1. The fourth-order valence-electron chi connectivity index (χ4n) is 1.95. The predicted molar refractivity (Wildman–Crippen MR) is 83.1 cm³/mol. The van der Waals surface area contributed by atoms with Gasteiger partial charge in [0.2, 0.25) is 0 Å². The van der Waals surface area contributed by atoms with Gasteiger partial charge >= 0.3 is 0 Å². The van der Waals surface area contributed by atoms with Crippen LogP contribution >= 0.6 is 34.8 Å². The zero-order valence-corrected chi connectivity index (χ0v) is 13.3. The summed E-state index contributed by atoms with van der Waals surface area (Å²) in [6.07, 6.45) is -1.32. The minimum absolute atomic E-state index is 0.0405. The lowest BCUT2D eigenvalue weighted by molar-refractivity contribution is 0.215. The SMILES string of the molecule is CCOc1cc(Cl)c(C(O)c2c(F)cccc2Cl)cc1Cl. The molecule has 0 aliphatic rings. The molecule has 1 unspecified atom stereocenters. The van der Waals surface area contributed by atoms with Crippen LogP contribution in [0.15, 0.2) is 30.3 Å². The van der Waals surface area contributed by atoms with E-state index >= 15 is 0 Å². The Kier molecular flexibility index (Phi) is 5.33. The van der Waals surface area contributed by atoms with Crippen LogP contribution in [0.4, 0.5) is 4.39 Å². The summed E-state index contributed by atoms with van der Waals surface area (Å²) in [5, 5.41) is 11.0. The van der Waals surface area contributed by atoms with Crippen LogP contribution < -0.4 is 4.74 Å². The largest absolute Gasteiger partial charge is 0.492 e. The standard InChI is InChI=1S/C15H12Cl3FO2/c1-2-21-13-7-10(17)8(6-11(13)18)15(20)14-9(16)4-3-5-12(14)19/h3-7,15,20H,2H2,1H3. The van der Waals surface area contributed by atoms with Crippen LogP contribution in [0.2, 0.25) is 15.1 Å². The van der Waals surface area contributed by atoms with Crippen molar-refractivity contribution < 1.29 is 14.2 Å². The van der Waals surface area contributed by atoms with Crippen molar-refractivity contribution in [3.8, 4) is 5.75 Å². The van der Waals surface area contributed by atoms with E-state index in [1.807, 2.05) is 6.92 Å². The van der Waals surface area contributed by atoms with Crippen molar-refractivity contribution in [3.05, 3.63) is 62.3 Å². The Balaban J connectivity index is 2.49. The van der Waals surface area contributed by atoms with E-state index < -0.39 is 11.9 Å². The fraction of sp³-hybridized carbons (Fsp3) is 0.200. The summed E-state index contributed by atoms with van der Waals surface area (Å²) in [5.74, 6) is -0.212. The van der Waals surface area contributed by atoms with E-state index in [0.29, 0.717) is 12.4 Å². The molecule has 0 fully saturated rings. The first-order valence-electron chi connectivity index (χ1n) is 6.19. The van der Waals surface area contributed by atoms with Crippen molar-refractivity contribution in [3.63, 3.8) is 0 Å². The molecule has 0 aromatic heterocycles. The summed E-state index contributed by atoms with van der Waals surface area (Å²) in [4.78, 5) is 0. The van der Waals surface area contributed by atoms with Crippen LogP contribution in [-0.4, -0.2) is 11.7 Å². The number of benzene rings is 2. The maximum atomic E-state index is 13.9. The second-order valence-electron chi connectivity index (χ2n) is 4.28. The van der Waals surface area contributed by atoms with Crippen LogP contribution in [0.3, 0.4) is 0 Å². The van der Waals surface area contributed by atoms with Gasteiger partial charge in [0.1, 0.15) is 17.7 Å². The normalized spacial score (nSPS) is 12.3. The Bertz CT molecular complexity index is 641. The molecule has 2 aromatic carbocycles. The molecule has 2 rings (SSSR count). The third-order valence-electron chi connectivity index (χ3n) is 2.92. The molecule has 112 valence electrons. The van der Waals surface area contributed by atoms with Gasteiger partial charge in [-0.2, -0.15) is 0 Å². The first-order valence-corrected chi connectivity index (χ1v) is 7.32. The van der Waals surface area contributed by atoms with Gasteiger partial charge in [-0.15, -0.1) is 0 Å². The molecule has 0 radical (unpaired) electrons. The van der Waals surface area contributed by atoms with Gasteiger partial charge in [-0.05, 0) is 25.1 Å². The third-order valence-corrected chi connectivity index (χ3v) is 3.87. The summed E-state index contributed by atoms with van der Waals surface area (Å²) < 4.78 is 19.2. The molecular formula is C15H12Cl3FO2. The zero-order valence-electron chi connectivity index (χ0n) is 11.0. The van der Waals surface area contributed by atoms with E-state index in [2.05, 4.69) is 0 Å². The molecule has 0 heterocycles. The van der Waals surface area contributed by atoms with Crippen molar-refractivity contribution in [1.29, 1.82) is 0 Å². The van der Waals surface area contributed by atoms with Crippen molar-refractivity contribution in [2.75, 3.05) is 6.61 Å². The van der Waals surface area contributed by atoms with Gasteiger partial charge in [0.25, 0.3) is 0 Å². The molecule has 0 aliphatic heterocycles. The molecule has 2 nitrogen and oxygen atoms in total. The van der Waals surface area contributed by atoms with E-state index in [-0.39, 0.29) is 26.2 Å². The average Bonchev–Trinajstić information content (AvgIpc) is 2.42. The summed E-state index contributed by atoms with van der Waals surface area (Å²) in [5.41, 5.74) is 0.221. The Morgan fingerprint density at radius 3 is 2.48 bits per heavy atom. The van der Waals surface area contributed by atoms with Crippen molar-refractivity contribution >= 4 is 34.8 Å². The Morgan fingerprint density at radius 2 is 1.86 bits per heavy atom. The number of halogens is 4. The first kappa shape index (κ1) is 16.4. The first-order chi connectivity index (χ1) is 9.95. The average molecular weight is 350 g/mol. The molecule has 2 aromatic rings. The molecule has 0 saturated carbocycles. The van der Waals surface area contributed by atoms with Crippen LogP contribution in [0, 0.1) is 5.82 Å². The number of aliphatic hydroxyl groups is 1. The summed E-state index contributed by atoms with van der Waals surface area (Å²) in [7, 11) is 0. The van der Waals surface area contributed by atoms with E-state index in [0.717, 1.165) is 0 Å². The van der Waals surface area contributed by atoms with Gasteiger partial charge in [0.05, 0.1) is 16.7 Å². The van der Waals surface area contributed by atoms with Gasteiger partial charge < -0.3 is 9.84 Å². The molecule has 0 amide bonds. The highest BCUT2D eigenvalue weighted by Gasteiger charge is 2.22. The predicted octanol–water partition coefficient (Wildman–Crippen LogP) is 5.27. The van der Waals surface area contributed by atoms with Crippen LogP contribution in [0.25, 0.3) is 0 Å². The number of hydrogen-bond donors (Lipinski definition) is 1. The van der Waals surface area contributed by atoms with E-state index in [4.69, 9.17) is 39.5 Å². The quantitative estimate of drug-likeness (QED) is 0.815. The zero-order chi connectivity index (χ0) is 15.6. The third kappa shape index (κ3) is 3.43. The van der Waals surface area contributed by atoms with E-state index in [9.17, 15) is 9.50 Å². The molecule has 1 atom stereocenters. The molecule has 6 heteroatoms. The Labute approximate surface area is 137 Å². The number of hydrogen-bond acceptors (Lipinski definition) is 2. The van der Waals surface area contributed by atoms with Gasteiger partial charge in [0, 0.05) is 22.2 Å². The lowest BCUT2D eigenvalue weighted by Crippen LogP contribution is -2.05. The maximum Gasteiger partial charge on any atom is 0.139 e. The highest BCUT2D eigenvalue weighted by atomic mass is 35.5. The molecule has 1 N–H and O–H groups in total. The minimum atomic E-state index is -1.32. The summed E-state index contributed by atoms with van der Waals surface area (Å²) in [6, 6.07) is 7.10. The van der Waals surface area contributed by atoms with Gasteiger partial charge in [-0.1, -0.05) is 40.9 Å². The summed E-state index contributed by atoms with van der Waals surface area (Å²) >= 11 is 18.1. The van der Waals surface area contributed by atoms with Crippen LogP contribution in [-0.2, 0) is 0 Å². The minimum Gasteiger partial charge on any atom is -0.492 e. The monoisotopic (exact) mass is 348 g/mol. The Hall–Kier alpha value is -1.000. The van der Waals surface area contributed by atoms with Crippen molar-refractivity contribution in [1.82, 2.24) is 0 Å². The Morgan fingerprint density at radius 1 is 1.14 bits per heavy atom. The fourth-order valence-corrected chi connectivity index (χ4v) is 2.70. The smallest absolute Gasteiger partial charge is 0.139 e. The van der Waals surface area contributed by atoms with Crippen LogP contribution in [0.1, 0.15) is 24.2 Å². The molecule has 21 heavy (non-hydrogen) atoms. The second-order valence-corrected chi connectivity index (χ2v) is 5.50. The lowest BCUT2D eigenvalue weighted by atomic mass is 10.0. The van der Waals surface area contributed by atoms with E-state index in [1.165, 1.54) is 30.3 Å². The lowest BCUT2D eigenvalue weighted by Gasteiger charge is -2.17.